The van der Waals surface area contributed by atoms with Crippen molar-refractivity contribution < 1.29 is 19.4 Å². The van der Waals surface area contributed by atoms with Crippen molar-refractivity contribution in [1.82, 2.24) is 4.90 Å². The first kappa shape index (κ1) is 18.3. The number of nitrogens with zero attached hydrogens (tertiary/aromatic N) is 1. The molecule has 1 aliphatic rings. The number of ether oxygens (including phenoxy) is 2. The van der Waals surface area contributed by atoms with Crippen molar-refractivity contribution in [3.63, 3.8) is 0 Å². The summed E-state index contributed by atoms with van der Waals surface area (Å²) in [4.78, 5) is 14.7. The van der Waals surface area contributed by atoms with Gasteiger partial charge >= 0.3 is 0 Å². The first-order chi connectivity index (χ1) is 13.6. The third-order valence-electron chi connectivity index (χ3n) is 5.27. The molecule has 0 aliphatic carbocycles. The number of hydrogen-bond donors (Lipinski definition) is 1. The smallest absolute Gasteiger partial charge is 0.257 e. The summed E-state index contributed by atoms with van der Waals surface area (Å²) < 4.78 is 11.2. The summed E-state index contributed by atoms with van der Waals surface area (Å²) in [6.45, 7) is 3.21. The number of benzene rings is 3. The molecule has 0 saturated carbocycles. The second kappa shape index (κ2) is 7.52. The van der Waals surface area contributed by atoms with E-state index < -0.39 is 0 Å². The molecule has 1 fully saturated rings. The fraction of sp³-hybridized carbons (Fsp3) is 0.261. The van der Waals surface area contributed by atoms with E-state index in [9.17, 15) is 9.90 Å². The number of amides is 1. The van der Waals surface area contributed by atoms with E-state index in [1.807, 2.05) is 30.3 Å². The number of morpholine rings is 1. The van der Waals surface area contributed by atoms with Crippen LogP contribution < -0.4 is 4.74 Å². The highest BCUT2D eigenvalue weighted by atomic mass is 16.5. The molecule has 5 nitrogen and oxygen atoms in total. The molecule has 5 heteroatoms. The third kappa shape index (κ3) is 3.41. The van der Waals surface area contributed by atoms with E-state index in [-0.39, 0.29) is 17.8 Å². The van der Waals surface area contributed by atoms with Crippen LogP contribution in [0.2, 0.25) is 0 Å². The number of aryl methyl sites for hydroxylation is 1. The molecule has 4 rings (SSSR count). The molecule has 0 bridgehead atoms. The number of phenols is 1. The van der Waals surface area contributed by atoms with Gasteiger partial charge in [-0.15, -0.1) is 0 Å². The van der Waals surface area contributed by atoms with Crippen molar-refractivity contribution in [3.05, 3.63) is 71.3 Å². The maximum Gasteiger partial charge on any atom is 0.257 e. The highest BCUT2D eigenvalue weighted by Gasteiger charge is 2.27. The van der Waals surface area contributed by atoms with Gasteiger partial charge in [0.1, 0.15) is 17.6 Å². The fourth-order valence-corrected chi connectivity index (χ4v) is 3.61. The van der Waals surface area contributed by atoms with Gasteiger partial charge in [-0.05, 0) is 53.1 Å². The Hall–Kier alpha value is -3.05. The second-order valence-electron chi connectivity index (χ2n) is 7.05. The van der Waals surface area contributed by atoms with Crippen LogP contribution in [0.15, 0.2) is 54.6 Å². The molecule has 0 radical (unpaired) electrons. The Labute approximate surface area is 164 Å². The van der Waals surface area contributed by atoms with E-state index in [1.165, 1.54) is 0 Å². The molecule has 1 aliphatic heterocycles. The third-order valence-corrected chi connectivity index (χ3v) is 5.27. The molecular weight excluding hydrogens is 354 g/mol. The average Bonchev–Trinajstić information content (AvgIpc) is 2.74. The summed E-state index contributed by atoms with van der Waals surface area (Å²) in [5, 5.41) is 12.4. The Balaban J connectivity index is 1.57. The summed E-state index contributed by atoms with van der Waals surface area (Å²) >= 11 is 0. The Bertz CT molecular complexity index is 1030. The molecule has 28 heavy (non-hydrogen) atoms. The summed E-state index contributed by atoms with van der Waals surface area (Å²) in [6, 6.07) is 17.4. The lowest BCUT2D eigenvalue weighted by Gasteiger charge is -2.33. The molecule has 1 atom stereocenters. The predicted molar refractivity (Wildman–Crippen MR) is 108 cm³/mol. The van der Waals surface area contributed by atoms with Crippen LogP contribution in [0.25, 0.3) is 10.8 Å². The Morgan fingerprint density at radius 3 is 2.75 bits per heavy atom. The quantitative estimate of drug-likeness (QED) is 0.747. The van der Waals surface area contributed by atoms with Crippen molar-refractivity contribution in [3.8, 4) is 11.5 Å². The van der Waals surface area contributed by atoms with Gasteiger partial charge in [0.15, 0.2) is 0 Å². The maximum absolute atomic E-state index is 12.9. The van der Waals surface area contributed by atoms with E-state index in [4.69, 9.17) is 9.47 Å². The minimum Gasteiger partial charge on any atom is -0.507 e. The first-order valence-electron chi connectivity index (χ1n) is 9.34. The van der Waals surface area contributed by atoms with Crippen LogP contribution >= 0.6 is 0 Å². The summed E-state index contributed by atoms with van der Waals surface area (Å²) in [5.74, 6) is 0.708. The average molecular weight is 377 g/mol. The van der Waals surface area contributed by atoms with Gasteiger partial charge in [0.25, 0.3) is 5.91 Å². The number of rotatable bonds is 3. The van der Waals surface area contributed by atoms with Crippen LogP contribution in [0, 0.1) is 6.92 Å². The summed E-state index contributed by atoms with van der Waals surface area (Å²) in [7, 11) is 1.66. The van der Waals surface area contributed by atoms with Crippen molar-refractivity contribution >= 4 is 16.7 Å². The van der Waals surface area contributed by atoms with Gasteiger partial charge in [0, 0.05) is 6.54 Å². The molecule has 0 unspecified atom stereocenters. The minimum absolute atomic E-state index is 0.0511. The highest BCUT2D eigenvalue weighted by molar-refractivity contribution is 5.97. The topological polar surface area (TPSA) is 59.0 Å². The fourth-order valence-electron chi connectivity index (χ4n) is 3.61. The van der Waals surface area contributed by atoms with Gasteiger partial charge in [-0.1, -0.05) is 30.3 Å². The molecule has 0 spiro atoms. The van der Waals surface area contributed by atoms with Crippen LogP contribution in [0.1, 0.15) is 27.6 Å². The molecule has 3 aromatic rings. The number of methoxy groups -OCH3 is 1. The molecule has 1 N–H and O–H groups in total. The highest BCUT2D eigenvalue weighted by Crippen LogP contribution is 2.29. The molecular formula is C23H23NO4. The standard InChI is InChI=1S/C23H23NO4/c1-15-4-3-5-20(22(15)25)23(26)24-10-11-28-21(14-24)18-7-6-17-13-19(27-2)9-8-16(17)12-18/h3-9,12-13,21,25H,10-11,14H2,1-2H3/t21-/m0/s1. The largest absolute Gasteiger partial charge is 0.507 e. The molecule has 3 aromatic carbocycles. The lowest BCUT2D eigenvalue weighted by molar-refractivity contribution is -0.0228. The number of fused-ring (bicyclic) bond motifs is 1. The van der Waals surface area contributed by atoms with E-state index in [0.29, 0.717) is 30.8 Å². The van der Waals surface area contributed by atoms with Gasteiger partial charge in [-0.25, -0.2) is 0 Å². The van der Waals surface area contributed by atoms with Gasteiger partial charge in [-0.2, -0.15) is 0 Å². The molecule has 0 aromatic heterocycles. The zero-order valence-electron chi connectivity index (χ0n) is 16.0. The van der Waals surface area contributed by atoms with E-state index >= 15 is 0 Å². The number of phenolic OH excluding ortho intramolecular Hbond substituents is 1. The summed E-state index contributed by atoms with van der Waals surface area (Å²) in [5.41, 5.74) is 2.07. The Kier molecular flexibility index (Phi) is 4.92. The van der Waals surface area contributed by atoms with Crippen molar-refractivity contribution in [2.75, 3.05) is 26.8 Å². The minimum atomic E-state index is -0.198. The van der Waals surface area contributed by atoms with Crippen LogP contribution in [-0.4, -0.2) is 42.7 Å². The maximum atomic E-state index is 12.9. The normalized spacial score (nSPS) is 16.9. The van der Waals surface area contributed by atoms with Gasteiger partial charge in [0.2, 0.25) is 0 Å². The van der Waals surface area contributed by atoms with Crippen molar-refractivity contribution in [2.24, 2.45) is 0 Å². The Morgan fingerprint density at radius 1 is 1.14 bits per heavy atom. The van der Waals surface area contributed by atoms with Gasteiger partial charge in [0.05, 0.1) is 25.8 Å². The van der Waals surface area contributed by atoms with Gasteiger partial charge < -0.3 is 19.5 Å². The lowest BCUT2D eigenvalue weighted by Crippen LogP contribution is -2.42. The molecule has 1 saturated heterocycles. The summed E-state index contributed by atoms with van der Waals surface area (Å²) in [6.07, 6.45) is -0.198. The number of carbonyl (C=O) groups excluding carboxylic acids is 1. The molecule has 1 amide bonds. The SMILES string of the molecule is COc1ccc2cc([C@@H]3CN(C(=O)c4cccc(C)c4O)CCO3)ccc2c1. The van der Waals surface area contributed by atoms with E-state index in [2.05, 4.69) is 6.07 Å². The zero-order valence-corrected chi connectivity index (χ0v) is 16.0. The number of hydrogen-bond acceptors (Lipinski definition) is 4. The second-order valence-corrected chi connectivity index (χ2v) is 7.05. The molecule has 144 valence electrons. The Morgan fingerprint density at radius 2 is 1.93 bits per heavy atom. The van der Waals surface area contributed by atoms with Crippen LogP contribution in [0.4, 0.5) is 0 Å². The predicted octanol–water partition coefficient (Wildman–Crippen LogP) is 4.08. The van der Waals surface area contributed by atoms with Crippen molar-refractivity contribution in [1.29, 1.82) is 0 Å². The number of aromatic hydroxyl groups is 1. The zero-order chi connectivity index (χ0) is 19.7. The van der Waals surface area contributed by atoms with Crippen LogP contribution in [0.3, 0.4) is 0 Å². The van der Waals surface area contributed by atoms with E-state index in [1.54, 1.807) is 37.1 Å². The number of para-hydroxylation sites is 1. The van der Waals surface area contributed by atoms with Gasteiger partial charge in [-0.3, -0.25) is 4.79 Å². The van der Waals surface area contributed by atoms with E-state index in [0.717, 1.165) is 22.1 Å². The lowest BCUT2D eigenvalue weighted by atomic mass is 10.0. The first-order valence-corrected chi connectivity index (χ1v) is 9.34. The van der Waals surface area contributed by atoms with Crippen LogP contribution in [0.5, 0.6) is 11.5 Å². The van der Waals surface area contributed by atoms with Crippen molar-refractivity contribution in [2.45, 2.75) is 13.0 Å². The van der Waals surface area contributed by atoms with Crippen LogP contribution in [-0.2, 0) is 4.74 Å². The monoisotopic (exact) mass is 377 g/mol. The molecule has 1 heterocycles. The number of carbonyl (C=O) groups is 1.